The molecule has 1 aliphatic carbocycles. The van der Waals surface area contributed by atoms with Gasteiger partial charge in [0.05, 0.1) is 0 Å². The fourth-order valence-electron chi connectivity index (χ4n) is 1.82. The van der Waals surface area contributed by atoms with Crippen LogP contribution in [0.2, 0.25) is 5.02 Å². The summed E-state index contributed by atoms with van der Waals surface area (Å²) in [6.07, 6.45) is 2.49. The first-order valence-corrected chi connectivity index (χ1v) is 7.17. The van der Waals surface area contributed by atoms with Gasteiger partial charge < -0.3 is 4.90 Å². The van der Waals surface area contributed by atoms with Crippen LogP contribution in [-0.2, 0) is 6.54 Å². The first-order valence-electron chi connectivity index (χ1n) is 6.01. The first kappa shape index (κ1) is 11.9. The van der Waals surface area contributed by atoms with Gasteiger partial charge in [-0.2, -0.15) is 4.37 Å². The van der Waals surface area contributed by atoms with Crippen molar-refractivity contribution >= 4 is 28.3 Å². The lowest BCUT2D eigenvalue weighted by molar-refractivity contribution is 0.895. The van der Waals surface area contributed by atoms with E-state index in [4.69, 9.17) is 11.6 Å². The van der Waals surface area contributed by atoms with Gasteiger partial charge in [0.2, 0.25) is 5.13 Å². The molecule has 1 saturated carbocycles. The average Bonchev–Trinajstić information content (AvgIpc) is 3.10. The minimum absolute atomic E-state index is 0.624. The molecule has 0 N–H and O–H groups in total. The standard InChI is InChI=1S/C13H14ClN3S/c1-17(8-9-2-6-11(14)7-3-9)13-15-12(16-18-13)10-4-5-10/h2-3,6-7,10H,4-5,8H2,1H3. The van der Waals surface area contributed by atoms with Crippen molar-refractivity contribution in [2.45, 2.75) is 25.3 Å². The summed E-state index contributed by atoms with van der Waals surface area (Å²) in [5.74, 6) is 1.65. The number of halogens is 1. The van der Waals surface area contributed by atoms with Crippen molar-refractivity contribution in [2.75, 3.05) is 11.9 Å². The first-order chi connectivity index (χ1) is 8.72. The van der Waals surface area contributed by atoms with E-state index in [1.165, 1.54) is 29.9 Å². The van der Waals surface area contributed by atoms with Crippen LogP contribution >= 0.6 is 23.1 Å². The molecule has 0 bridgehead atoms. The van der Waals surface area contributed by atoms with Crippen LogP contribution < -0.4 is 4.90 Å². The SMILES string of the molecule is CN(Cc1ccc(Cl)cc1)c1nc(C2CC2)ns1. The summed E-state index contributed by atoms with van der Waals surface area (Å²) < 4.78 is 4.42. The average molecular weight is 280 g/mol. The van der Waals surface area contributed by atoms with E-state index in [2.05, 4.69) is 14.3 Å². The molecule has 3 rings (SSSR count). The number of nitrogens with zero attached hydrogens (tertiary/aromatic N) is 3. The van der Waals surface area contributed by atoms with Gasteiger partial charge in [0.15, 0.2) is 0 Å². The molecule has 18 heavy (non-hydrogen) atoms. The van der Waals surface area contributed by atoms with Gasteiger partial charge in [-0.05, 0) is 30.5 Å². The van der Waals surface area contributed by atoms with E-state index in [0.29, 0.717) is 5.92 Å². The van der Waals surface area contributed by atoms with E-state index in [0.717, 1.165) is 22.5 Å². The minimum Gasteiger partial charge on any atom is -0.346 e. The van der Waals surface area contributed by atoms with Gasteiger partial charge in [-0.15, -0.1) is 0 Å². The maximum atomic E-state index is 5.88. The Morgan fingerprint density at radius 1 is 1.33 bits per heavy atom. The van der Waals surface area contributed by atoms with Crippen molar-refractivity contribution in [3.63, 3.8) is 0 Å². The Morgan fingerprint density at radius 3 is 2.72 bits per heavy atom. The van der Waals surface area contributed by atoms with E-state index < -0.39 is 0 Å². The molecule has 0 radical (unpaired) electrons. The summed E-state index contributed by atoms with van der Waals surface area (Å²) in [6.45, 7) is 0.830. The molecule has 5 heteroatoms. The smallest absolute Gasteiger partial charge is 0.205 e. The molecule has 0 unspecified atom stereocenters. The minimum atomic E-state index is 0.624. The molecule has 0 aliphatic heterocycles. The Labute approximate surface area is 116 Å². The maximum absolute atomic E-state index is 5.88. The molecule has 0 spiro atoms. The lowest BCUT2D eigenvalue weighted by Crippen LogP contribution is -2.16. The van der Waals surface area contributed by atoms with Crippen molar-refractivity contribution in [3.05, 3.63) is 40.7 Å². The van der Waals surface area contributed by atoms with Crippen LogP contribution in [0.3, 0.4) is 0 Å². The van der Waals surface area contributed by atoms with Gasteiger partial charge in [0.1, 0.15) is 5.82 Å². The molecule has 94 valence electrons. The van der Waals surface area contributed by atoms with E-state index in [-0.39, 0.29) is 0 Å². The predicted molar refractivity (Wildman–Crippen MR) is 75.4 cm³/mol. The molecule has 1 aliphatic rings. The predicted octanol–water partition coefficient (Wildman–Crippen LogP) is 3.71. The van der Waals surface area contributed by atoms with Gasteiger partial charge in [-0.1, -0.05) is 23.7 Å². The zero-order valence-corrected chi connectivity index (χ0v) is 11.7. The Morgan fingerprint density at radius 2 is 2.06 bits per heavy atom. The van der Waals surface area contributed by atoms with Gasteiger partial charge in [0, 0.05) is 36.1 Å². The number of rotatable bonds is 4. The second-order valence-electron chi connectivity index (χ2n) is 4.69. The van der Waals surface area contributed by atoms with Gasteiger partial charge in [-0.3, -0.25) is 0 Å². The third-order valence-electron chi connectivity index (χ3n) is 3.03. The fourth-order valence-corrected chi connectivity index (χ4v) is 2.65. The summed E-state index contributed by atoms with van der Waals surface area (Å²) in [5, 5.41) is 1.76. The normalized spacial score (nSPS) is 14.8. The second-order valence-corrected chi connectivity index (χ2v) is 5.86. The highest BCUT2D eigenvalue weighted by atomic mass is 35.5. The number of benzene rings is 1. The number of hydrogen-bond donors (Lipinski definition) is 0. The molecule has 3 nitrogen and oxygen atoms in total. The molecular weight excluding hydrogens is 266 g/mol. The van der Waals surface area contributed by atoms with Crippen LogP contribution in [0.5, 0.6) is 0 Å². The van der Waals surface area contributed by atoms with E-state index in [1.54, 1.807) is 0 Å². The molecule has 1 heterocycles. The Kier molecular flexibility index (Phi) is 3.22. The van der Waals surface area contributed by atoms with Crippen LogP contribution in [0.1, 0.15) is 30.1 Å². The molecule has 0 atom stereocenters. The van der Waals surface area contributed by atoms with E-state index in [1.807, 2.05) is 31.3 Å². The zero-order chi connectivity index (χ0) is 12.5. The molecule has 1 aromatic carbocycles. The Bertz CT molecular complexity index is 533. The summed E-state index contributed by atoms with van der Waals surface area (Å²) in [4.78, 5) is 6.72. The fraction of sp³-hybridized carbons (Fsp3) is 0.385. The van der Waals surface area contributed by atoms with Gasteiger partial charge in [0.25, 0.3) is 0 Å². The summed E-state index contributed by atoms with van der Waals surface area (Å²) in [5.41, 5.74) is 1.23. The number of aromatic nitrogens is 2. The quantitative estimate of drug-likeness (QED) is 0.854. The Balaban J connectivity index is 1.69. The van der Waals surface area contributed by atoms with Crippen LogP contribution in [0, 0.1) is 0 Å². The van der Waals surface area contributed by atoms with E-state index in [9.17, 15) is 0 Å². The van der Waals surface area contributed by atoms with Crippen molar-refractivity contribution < 1.29 is 0 Å². The molecule has 2 aromatic rings. The largest absolute Gasteiger partial charge is 0.346 e. The second kappa shape index (κ2) is 4.86. The van der Waals surface area contributed by atoms with Gasteiger partial charge in [-0.25, -0.2) is 4.98 Å². The highest BCUT2D eigenvalue weighted by Gasteiger charge is 2.28. The van der Waals surface area contributed by atoms with Crippen LogP contribution in [0.25, 0.3) is 0 Å². The van der Waals surface area contributed by atoms with Crippen molar-refractivity contribution in [2.24, 2.45) is 0 Å². The van der Waals surface area contributed by atoms with Gasteiger partial charge >= 0.3 is 0 Å². The zero-order valence-electron chi connectivity index (χ0n) is 10.1. The van der Waals surface area contributed by atoms with Crippen molar-refractivity contribution in [1.29, 1.82) is 0 Å². The summed E-state index contributed by atoms with van der Waals surface area (Å²) >= 11 is 7.36. The number of hydrogen-bond acceptors (Lipinski definition) is 4. The molecular formula is C13H14ClN3S. The summed E-state index contributed by atoms with van der Waals surface area (Å²) in [6, 6.07) is 7.92. The Hall–Kier alpha value is -1.13. The number of anilines is 1. The highest BCUT2D eigenvalue weighted by Crippen LogP contribution is 2.39. The monoisotopic (exact) mass is 279 g/mol. The van der Waals surface area contributed by atoms with Crippen LogP contribution in [0.15, 0.2) is 24.3 Å². The molecule has 0 amide bonds. The van der Waals surface area contributed by atoms with Crippen LogP contribution in [-0.4, -0.2) is 16.4 Å². The van der Waals surface area contributed by atoms with Crippen LogP contribution in [0.4, 0.5) is 5.13 Å². The lowest BCUT2D eigenvalue weighted by Gasteiger charge is -2.14. The molecule has 1 fully saturated rings. The maximum Gasteiger partial charge on any atom is 0.205 e. The topological polar surface area (TPSA) is 29.0 Å². The highest BCUT2D eigenvalue weighted by molar-refractivity contribution is 7.09. The third kappa shape index (κ3) is 2.65. The van der Waals surface area contributed by atoms with Crippen molar-refractivity contribution in [3.8, 4) is 0 Å². The molecule has 1 aromatic heterocycles. The summed E-state index contributed by atoms with van der Waals surface area (Å²) in [7, 11) is 2.05. The molecule has 0 saturated heterocycles. The van der Waals surface area contributed by atoms with E-state index >= 15 is 0 Å². The third-order valence-corrected chi connectivity index (χ3v) is 4.13. The lowest BCUT2D eigenvalue weighted by atomic mass is 10.2. The van der Waals surface area contributed by atoms with Crippen molar-refractivity contribution in [1.82, 2.24) is 9.36 Å².